The van der Waals surface area contributed by atoms with Crippen LogP contribution in [0, 0.1) is 0 Å². The van der Waals surface area contributed by atoms with Gasteiger partial charge in [0.25, 0.3) is 0 Å². The standard InChI is InChI=1S/C24H39NO7SSi3/c1-29-22-18-21(26)20(24(27)19-13-10-9-11-14-19)17-23(22)33(28)30-25-15-12-16-36(8,31-34(2,3)4)32-35(5,6)7/h9-11,13-14,17-18,25-26H,12,15-16H2,1-8H3. The number of carbonyl (C=O) groups excluding carboxylic acids is 1. The van der Waals surface area contributed by atoms with Crippen LogP contribution in [0.25, 0.3) is 0 Å². The number of hydrogen-bond donors (Lipinski definition) is 2. The fourth-order valence-electron chi connectivity index (χ4n) is 3.81. The van der Waals surface area contributed by atoms with Gasteiger partial charge in [-0.1, -0.05) is 30.3 Å². The Balaban J connectivity index is 2.05. The minimum absolute atomic E-state index is 0.0164. The maximum absolute atomic E-state index is 12.9. The minimum atomic E-state index is -2.37. The zero-order valence-electron chi connectivity index (χ0n) is 22.5. The highest BCUT2D eigenvalue weighted by molar-refractivity contribution is 7.80. The number of hydrogen-bond acceptors (Lipinski definition) is 8. The summed E-state index contributed by atoms with van der Waals surface area (Å²) in [4.78, 5) is 13.0. The summed E-state index contributed by atoms with van der Waals surface area (Å²) in [6.45, 7) is 15.5. The molecule has 0 spiro atoms. The van der Waals surface area contributed by atoms with Crippen molar-refractivity contribution in [2.24, 2.45) is 0 Å². The van der Waals surface area contributed by atoms with Crippen molar-refractivity contribution in [1.29, 1.82) is 0 Å². The highest BCUT2D eigenvalue weighted by atomic mass is 32.2. The number of rotatable bonds is 14. The van der Waals surface area contributed by atoms with E-state index in [9.17, 15) is 14.1 Å². The predicted molar refractivity (Wildman–Crippen MR) is 150 cm³/mol. The van der Waals surface area contributed by atoms with Crippen LogP contribution in [0.1, 0.15) is 22.3 Å². The van der Waals surface area contributed by atoms with Gasteiger partial charge < -0.3 is 18.1 Å². The molecule has 0 aromatic heterocycles. The zero-order valence-corrected chi connectivity index (χ0v) is 26.3. The SMILES string of the molecule is COc1cc(O)c(C(=O)c2ccccc2)cc1S(=O)ONCCC[Si](C)(O[Si](C)(C)C)O[Si](C)(C)C. The molecule has 2 rings (SSSR count). The lowest BCUT2D eigenvalue weighted by Crippen LogP contribution is -2.52. The van der Waals surface area contributed by atoms with Crippen molar-refractivity contribution in [1.82, 2.24) is 5.48 Å². The van der Waals surface area contributed by atoms with Gasteiger partial charge in [0.05, 0.1) is 12.7 Å². The summed E-state index contributed by atoms with van der Waals surface area (Å²) in [6, 6.07) is 12.0. The number of aromatic hydroxyl groups is 1. The molecule has 0 saturated carbocycles. The largest absolute Gasteiger partial charge is 0.507 e. The van der Waals surface area contributed by atoms with E-state index in [1.54, 1.807) is 30.3 Å². The summed E-state index contributed by atoms with van der Waals surface area (Å²) in [5.74, 6) is -0.497. The van der Waals surface area contributed by atoms with E-state index in [2.05, 4.69) is 51.3 Å². The lowest BCUT2D eigenvalue weighted by Gasteiger charge is -2.38. The lowest BCUT2D eigenvalue weighted by molar-refractivity contribution is 0.103. The zero-order chi connectivity index (χ0) is 27.1. The quantitative estimate of drug-likeness (QED) is 0.136. The molecule has 0 aliphatic carbocycles. The number of benzene rings is 2. The molecule has 2 aromatic rings. The maximum Gasteiger partial charge on any atom is 0.314 e. The highest BCUT2D eigenvalue weighted by Gasteiger charge is 2.39. The summed E-state index contributed by atoms with van der Waals surface area (Å²) in [7, 11) is -4.54. The Kier molecular flexibility index (Phi) is 10.8. The minimum Gasteiger partial charge on any atom is -0.507 e. The van der Waals surface area contributed by atoms with Crippen LogP contribution >= 0.6 is 0 Å². The van der Waals surface area contributed by atoms with Gasteiger partial charge in [0.1, 0.15) is 16.4 Å². The number of phenols is 1. The van der Waals surface area contributed by atoms with Gasteiger partial charge in [-0.05, 0) is 64.4 Å². The van der Waals surface area contributed by atoms with Gasteiger partial charge in [-0.2, -0.15) is 9.76 Å². The van der Waals surface area contributed by atoms with E-state index in [0.717, 1.165) is 12.5 Å². The number of ether oxygens (including phenoxy) is 1. The van der Waals surface area contributed by atoms with E-state index in [0.29, 0.717) is 12.1 Å². The summed E-state index contributed by atoms with van der Waals surface area (Å²) in [5.41, 5.74) is 3.18. The van der Waals surface area contributed by atoms with Crippen molar-refractivity contribution in [3.05, 3.63) is 53.6 Å². The number of ketones is 1. The molecule has 200 valence electrons. The van der Waals surface area contributed by atoms with Crippen LogP contribution in [0.4, 0.5) is 0 Å². The smallest absolute Gasteiger partial charge is 0.314 e. The van der Waals surface area contributed by atoms with Gasteiger partial charge in [0.15, 0.2) is 22.4 Å². The first-order chi connectivity index (χ1) is 16.6. The van der Waals surface area contributed by atoms with E-state index in [-0.39, 0.29) is 22.0 Å². The molecule has 2 N–H and O–H groups in total. The topological polar surface area (TPSA) is 103 Å². The number of phenolic OH excluding ortho intramolecular Hbond substituents is 1. The molecule has 36 heavy (non-hydrogen) atoms. The number of methoxy groups -OCH3 is 1. The van der Waals surface area contributed by atoms with E-state index in [1.807, 2.05) is 0 Å². The monoisotopic (exact) mass is 569 g/mol. The van der Waals surface area contributed by atoms with Crippen molar-refractivity contribution < 1.29 is 31.4 Å². The second-order valence-corrected chi connectivity index (χ2v) is 24.5. The van der Waals surface area contributed by atoms with Gasteiger partial charge >= 0.3 is 8.56 Å². The Morgan fingerprint density at radius 3 is 2.08 bits per heavy atom. The molecule has 0 aliphatic heterocycles. The van der Waals surface area contributed by atoms with E-state index < -0.39 is 42.1 Å². The summed E-state index contributed by atoms with van der Waals surface area (Å²) < 4.78 is 36.5. The van der Waals surface area contributed by atoms with Gasteiger partial charge in [-0.25, -0.2) is 4.21 Å². The van der Waals surface area contributed by atoms with Crippen molar-refractivity contribution in [2.75, 3.05) is 13.7 Å². The lowest BCUT2D eigenvalue weighted by atomic mass is 10.0. The van der Waals surface area contributed by atoms with Crippen LogP contribution in [-0.4, -0.2) is 53.9 Å². The third kappa shape index (κ3) is 9.67. The van der Waals surface area contributed by atoms with Gasteiger partial charge in [-0.15, -0.1) is 0 Å². The summed E-state index contributed by atoms with van der Waals surface area (Å²) in [5, 5.41) is 10.4. The molecule has 0 aliphatic rings. The Bertz CT molecular complexity index is 1040. The number of carbonyl (C=O) groups is 1. The normalized spacial score (nSPS) is 13.4. The third-order valence-corrected chi connectivity index (χ3v) is 15.4. The van der Waals surface area contributed by atoms with Gasteiger partial charge in [0, 0.05) is 18.2 Å². The predicted octanol–water partition coefficient (Wildman–Crippen LogP) is 5.34. The van der Waals surface area contributed by atoms with E-state index in [1.165, 1.54) is 19.2 Å². The Morgan fingerprint density at radius 1 is 0.972 bits per heavy atom. The second-order valence-electron chi connectivity index (χ2n) is 10.6. The molecule has 8 nitrogen and oxygen atoms in total. The van der Waals surface area contributed by atoms with Crippen molar-refractivity contribution in [3.8, 4) is 11.5 Å². The number of nitrogens with one attached hydrogen (secondary N) is 1. The molecule has 0 radical (unpaired) electrons. The third-order valence-electron chi connectivity index (χ3n) is 4.83. The fraction of sp³-hybridized carbons (Fsp3) is 0.458. The average Bonchev–Trinajstić information content (AvgIpc) is 2.75. The maximum atomic E-state index is 12.9. The first-order valence-electron chi connectivity index (χ1n) is 11.9. The summed E-state index contributed by atoms with van der Waals surface area (Å²) >= 11 is -1.98. The fourth-order valence-corrected chi connectivity index (χ4v) is 17.1. The molecule has 2 aromatic carbocycles. The van der Waals surface area contributed by atoms with Crippen LogP contribution in [0.15, 0.2) is 47.4 Å². The molecule has 0 heterocycles. The van der Waals surface area contributed by atoms with E-state index >= 15 is 0 Å². The first-order valence-corrected chi connectivity index (χ1v) is 22.3. The molecule has 1 atom stereocenters. The van der Waals surface area contributed by atoms with E-state index in [4.69, 9.17) is 17.3 Å². The molecule has 0 amide bonds. The molecule has 0 bridgehead atoms. The Labute approximate surface area is 220 Å². The van der Waals surface area contributed by atoms with Crippen LogP contribution < -0.4 is 10.2 Å². The molecule has 12 heteroatoms. The molecule has 0 fully saturated rings. The molecular formula is C24H39NO7SSi3. The van der Waals surface area contributed by atoms with Crippen molar-refractivity contribution >= 4 is 42.1 Å². The van der Waals surface area contributed by atoms with Gasteiger partial charge in [0.2, 0.25) is 11.1 Å². The van der Waals surface area contributed by atoms with Crippen LogP contribution in [0.3, 0.4) is 0 Å². The highest BCUT2D eigenvalue weighted by Crippen LogP contribution is 2.32. The second kappa shape index (κ2) is 12.7. The Hall–Kier alpha value is -1.65. The molecule has 0 saturated heterocycles. The average molecular weight is 570 g/mol. The van der Waals surface area contributed by atoms with Crippen molar-refractivity contribution in [2.45, 2.75) is 63.2 Å². The summed E-state index contributed by atoms with van der Waals surface area (Å²) in [6.07, 6.45) is 0.722. The van der Waals surface area contributed by atoms with Crippen molar-refractivity contribution in [3.63, 3.8) is 0 Å². The van der Waals surface area contributed by atoms with Gasteiger partial charge in [-0.3, -0.25) is 4.79 Å². The number of hydroxylamine groups is 1. The molecule has 1 unspecified atom stereocenters. The molecular weight excluding hydrogens is 531 g/mol. The van der Waals surface area contributed by atoms with Crippen LogP contribution in [0.2, 0.25) is 51.9 Å². The van der Waals surface area contributed by atoms with Crippen LogP contribution in [-0.2, 0) is 23.6 Å². The first kappa shape index (κ1) is 30.6. The van der Waals surface area contributed by atoms with Crippen LogP contribution in [0.5, 0.6) is 11.5 Å². The Morgan fingerprint density at radius 2 is 1.56 bits per heavy atom.